The molecule has 0 saturated carbocycles. The number of aromatic nitrogens is 3. The largest absolute Gasteiger partial charge is 0.437 e. The number of carbonyl (C=O) groups excluding carboxylic acids is 1. The average Bonchev–Trinajstić information content (AvgIpc) is 2.59. The lowest BCUT2D eigenvalue weighted by Gasteiger charge is -2.09. The molecule has 1 amide bonds. The van der Waals surface area contributed by atoms with E-state index >= 15 is 0 Å². The van der Waals surface area contributed by atoms with E-state index in [-0.39, 0.29) is 11.6 Å². The molecule has 0 unspecified atom stereocenters. The smallest absolute Gasteiger partial charge is 0.274 e. The van der Waals surface area contributed by atoms with E-state index in [4.69, 9.17) is 27.9 Å². The van der Waals surface area contributed by atoms with E-state index in [1.165, 1.54) is 18.5 Å². The first-order valence-electron chi connectivity index (χ1n) is 7.21. The van der Waals surface area contributed by atoms with E-state index in [9.17, 15) is 4.79 Å². The van der Waals surface area contributed by atoms with Gasteiger partial charge >= 0.3 is 0 Å². The molecule has 0 aliphatic carbocycles. The lowest BCUT2D eigenvalue weighted by atomic mass is 10.3. The minimum atomic E-state index is -0.352. The van der Waals surface area contributed by atoms with Crippen molar-refractivity contribution in [2.75, 3.05) is 5.32 Å². The first kappa shape index (κ1) is 17.1. The predicted molar refractivity (Wildman–Crippen MR) is 95.5 cm³/mol. The van der Waals surface area contributed by atoms with Crippen LogP contribution >= 0.6 is 23.2 Å². The van der Waals surface area contributed by atoms with E-state index in [0.717, 1.165) is 0 Å². The van der Waals surface area contributed by atoms with Gasteiger partial charge in [-0.1, -0.05) is 23.2 Å². The Bertz CT molecular complexity index is 917. The number of anilines is 1. The number of carbonyl (C=O) groups is 1. The van der Waals surface area contributed by atoms with Crippen LogP contribution in [-0.4, -0.2) is 20.9 Å². The normalized spacial score (nSPS) is 10.4. The Morgan fingerprint density at radius 3 is 2.64 bits per heavy atom. The number of hydrogen-bond donors (Lipinski definition) is 1. The number of aryl methyl sites for hydroxylation is 1. The SMILES string of the molecule is Cc1nccc(C(=O)Nc2ccc(Oc3ccc(Cl)cn3)c(Cl)c2)n1. The standard InChI is InChI=1S/C17H12Cl2N4O2/c1-10-20-7-6-14(22-10)17(24)23-12-3-4-15(13(19)8-12)25-16-5-2-11(18)9-21-16/h2-9H,1H3,(H,23,24). The molecule has 126 valence electrons. The number of hydrogen-bond acceptors (Lipinski definition) is 5. The van der Waals surface area contributed by atoms with Crippen LogP contribution in [0.15, 0.2) is 48.8 Å². The summed E-state index contributed by atoms with van der Waals surface area (Å²) in [6, 6.07) is 9.72. The summed E-state index contributed by atoms with van der Waals surface area (Å²) >= 11 is 12.0. The monoisotopic (exact) mass is 374 g/mol. The Morgan fingerprint density at radius 1 is 1.12 bits per heavy atom. The molecule has 6 nitrogen and oxygen atoms in total. The van der Waals surface area contributed by atoms with Crippen molar-refractivity contribution < 1.29 is 9.53 Å². The van der Waals surface area contributed by atoms with Gasteiger partial charge < -0.3 is 10.1 Å². The summed E-state index contributed by atoms with van der Waals surface area (Å²) in [4.78, 5) is 24.3. The van der Waals surface area contributed by atoms with Crippen LogP contribution < -0.4 is 10.1 Å². The number of pyridine rings is 1. The number of benzene rings is 1. The minimum Gasteiger partial charge on any atom is -0.437 e. The highest BCUT2D eigenvalue weighted by atomic mass is 35.5. The van der Waals surface area contributed by atoms with Crippen LogP contribution in [0.5, 0.6) is 11.6 Å². The second-order valence-corrected chi connectivity index (χ2v) is 5.85. The van der Waals surface area contributed by atoms with E-state index in [1.807, 2.05) is 0 Å². The number of nitrogens with one attached hydrogen (secondary N) is 1. The van der Waals surface area contributed by atoms with Crippen LogP contribution in [0.4, 0.5) is 5.69 Å². The zero-order chi connectivity index (χ0) is 17.8. The molecule has 2 heterocycles. The van der Waals surface area contributed by atoms with Crippen molar-refractivity contribution in [3.05, 3.63) is 70.4 Å². The van der Waals surface area contributed by atoms with Crippen LogP contribution in [-0.2, 0) is 0 Å². The van der Waals surface area contributed by atoms with Crippen molar-refractivity contribution >= 4 is 34.8 Å². The van der Waals surface area contributed by atoms with Gasteiger partial charge in [0.1, 0.15) is 17.3 Å². The first-order chi connectivity index (χ1) is 12.0. The van der Waals surface area contributed by atoms with Crippen LogP contribution in [0, 0.1) is 6.92 Å². The number of amides is 1. The minimum absolute atomic E-state index is 0.273. The average molecular weight is 375 g/mol. The van der Waals surface area contributed by atoms with Gasteiger partial charge in [0.15, 0.2) is 0 Å². The number of rotatable bonds is 4. The van der Waals surface area contributed by atoms with Gasteiger partial charge in [0.2, 0.25) is 5.88 Å². The highest BCUT2D eigenvalue weighted by molar-refractivity contribution is 6.32. The molecule has 0 aliphatic rings. The molecular weight excluding hydrogens is 363 g/mol. The summed E-state index contributed by atoms with van der Waals surface area (Å²) in [6.45, 7) is 1.71. The third-order valence-electron chi connectivity index (χ3n) is 3.11. The molecule has 0 atom stereocenters. The molecule has 0 saturated heterocycles. The van der Waals surface area contributed by atoms with Crippen LogP contribution in [0.25, 0.3) is 0 Å². The molecule has 3 rings (SSSR count). The highest BCUT2D eigenvalue weighted by Gasteiger charge is 2.11. The summed E-state index contributed by atoms with van der Waals surface area (Å²) in [5.41, 5.74) is 0.789. The Labute approximate surface area is 153 Å². The van der Waals surface area contributed by atoms with Gasteiger partial charge in [-0.05, 0) is 37.3 Å². The molecule has 1 N–H and O–H groups in total. The van der Waals surface area contributed by atoms with E-state index in [2.05, 4.69) is 20.3 Å². The van der Waals surface area contributed by atoms with Crippen molar-refractivity contribution in [1.29, 1.82) is 0 Å². The molecule has 3 aromatic rings. The maximum atomic E-state index is 12.2. The topological polar surface area (TPSA) is 77.0 Å². The second-order valence-electron chi connectivity index (χ2n) is 5.01. The molecule has 0 aliphatic heterocycles. The molecule has 2 aromatic heterocycles. The lowest BCUT2D eigenvalue weighted by Crippen LogP contribution is -2.14. The number of halogens is 2. The molecule has 0 bridgehead atoms. The fourth-order valence-electron chi connectivity index (χ4n) is 1.97. The summed E-state index contributed by atoms with van der Waals surface area (Å²) < 4.78 is 5.59. The lowest BCUT2D eigenvalue weighted by molar-refractivity contribution is 0.102. The predicted octanol–water partition coefficient (Wildman–Crippen LogP) is 4.53. The molecule has 8 heteroatoms. The number of ether oxygens (including phenoxy) is 1. The van der Waals surface area contributed by atoms with Gasteiger partial charge in [-0.25, -0.2) is 15.0 Å². The Balaban J connectivity index is 1.73. The highest BCUT2D eigenvalue weighted by Crippen LogP contribution is 2.31. The molecule has 0 radical (unpaired) electrons. The van der Waals surface area contributed by atoms with Crippen molar-refractivity contribution in [2.24, 2.45) is 0 Å². The second kappa shape index (κ2) is 7.46. The summed E-state index contributed by atoms with van der Waals surface area (Å²) in [6.07, 6.45) is 3.00. The van der Waals surface area contributed by atoms with Gasteiger partial charge in [0.05, 0.1) is 10.0 Å². The fraction of sp³-hybridized carbons (Fsp3) is 0.0588. The third-order valence-corrected chi connectivity index (χ3v) is 3.63. The van der Waals surface area contributed by atoms with Crippen molar-refractivity contribution in [3.8, 4) is 11.6 Å². The van der Waals surface area contributed by atoms with Crippen molar-refractivity contribution in [2.45, 2.75) is 6.92 Å². The van der Waals surface area contributed by atoms with Crippen LogP contribution in [0.1, 0.15) is 16.3 Å². The van der Waals surface area contributed by atoms with E-state index in [1.54, 1.807) is 37.3 Å². The van der Waals surface area contributed by atoms with Gasteiger partial charge in [0, 0.05) is 24.1 Å². The van der Waals surface area contributed by atoms with Crippen LogP contribution in [0.2, 0.25) is 10.0 Å². The third kappa shape index (κ3) is 4.43. The van der Waals surface area contributed by atoms with Crippen LogP contribution in [0.3, 0.4) is 0 Å². The Kier molecular flexibility index (Phi) is 5.11. The van der Waals surface area contributed by atoms with Crippen molar-refractivity contribution in [3.63, 3.8) is 0 Å². The fourth-order valence-corrected chi connectivity index (χ4v) is 2.31. The van der Waals surface area contributed by atoms with Gasteiger partial charge in [-0.15, -0.1) is 0 Å². The zero-order valence-corrected chi connectivity index (χ0v) is 14.5. The van der Waals surface area contributed by atoms with E-state index in [0.29, 0.717) is 33.2 Å². The van der Waals surface area contributed by atoms with E-state index < -0.39 is 0 Å². The van der Waals surface area contributed by atoms with Gasteiger partial charge in [0.25, 0.3) is 5.91 Å². The molecule has 1 aromatic carbocycles. The Hall–Kier alpha value is -2.70. The molecule has 0 spiro atoms. The number of nitrogens with zero attached hydrogens (tertiary/aromatic N) is 3. The summed E-state index contributed by atoms with van der Waals surface area (Å²) in [5.74, 6) is 0.936. The first-order valence-corrected chi connectivity index (χ1v) is 7.97. The van der Waals surface area contributed by atoms with Gasteiger partial charge in [-0.3, -0.25) is 4.79 Å². The maximum Gasteiger partial charge on any atom is 0.274 e. The zero-order valence-electron chi connectivity index (χ0n) is 13.0. The maximum absolute atomic E-state index is 12.2. The summed E-state index contributed by atoms with van der Waals surface area (Å²) in [5, 5.41) is 3.56. The molecule has 25 heavy (non-hydrogen) atoms. The quantitative estimate of drug-likeness (QED) is 0.725. The van der Waals surface area contributed by atoms with Crippen molar-refractivity contribution in [1.82, 2.24) is 15.0 Å². The summed E-state index contributed by atoms with van der Waals surface area (Å²) in [7, 11) is 0. The Morgan fingerprint density at radius 2 is 1.96 bits per heavy atom. The molecular formula is C17H12Cl2N4O2. The van der Waals surface area contributed by atoms with Gasteiger partial charge in [-0.2, -0.15) is 0 Å². The molecule has 0 fully saturated rings.